The molecule has 10 heteroatoms. The molecule has 1 aliphatic rings. The van der Waals surface area contributed by atoms with Crippen molar-refractivity contribution in [2.45, 2.75) is 111 Å². The Balaban J connectivity index is 1.10. The molecule has 0 saturated heterocycles. The summed E-state index contributed by atoms with van der Waals surface area (Å²) in [4.78, 5) is 5.41. The van der Waals surface area contributed by atoms with Crippen LogP contribution in [-0.2, 0) is 5.41 Å². The van der Waals surface area contributed by atoms with Gasteiger partial charge < -0.3 is 8.83 Å². The summed E-state index contributed by atoms with van der Waals surface area (Å²) in [7, 11) is 0. The van der Waals surface area contributed by atoms with Crippen molar-refractivity contribution >= 4 is 90.1 Å². The van der Waals surface area contributed by atoms with Crippen LogP contribution in [0.2, 0.25) is 0 Å². The first-order valence-electron chi connectivity index (χ1n) is 23.6. The van der Waals surface area contributed by atoms with Gasteiger partial charge in [0.2, 0.25) is 0 Å². The zero-order chi connectivity index (χ0) is 44.4. The number of unbranched alkanes of at least 4 members (excludes halogenated alkanes) is 2. The lowest BCUT2D eigenvalue weighted by Crippen LogP contribution is -2.31. The lowest BCUT2D eigenvalue weighted by Gasteiger charge is -2.37. The molecule has 6 nitrogen and oxygen atoms in total. The Morgan fingerprint density at radius 3 is 1.38 bits per heavy atom. The van der Waals surface area contributed by atoms with Gasteiger partial charge in [0.15, 0.2) is 0 Å². The minimum Gasteiger partial charge on any atom is -0.456 e. The third-order valence-electron chi connectivity index (χ3n) is 14.4. The highest BCUT2D eigenvalue weighted by Gasteiger charge is 2.48. The number of para-hydroxylation sites is 2. The summed E-state index contributed by atoms with van der Waals surface area (Å²) in [6.07, 6.45) is 12.2. The lowest BCUT2D eigenvalue weighted by atomic mass is 9.65. The molecule has 0 amide bonds. The maximum atomic E-state index is 6.46. The molecular weight excluding hydrogens is 877 g/mol. The first kappa shape index (κ1) is 42.6. The number of benzene rings is 4. The number of fused-ring (bicyclic) bond motifs is 7. The Morgan fingerprint density at radius 1 is 0.538 bits per heavy atom. The Hall–Kier alpha value is -5.00. The molecule has 11 rings (SSSR count). The number of rotatable bonds is 16. The van der Waals surface area contributed by atoms with Crippen LogP contribution in [0.5, 0.6) is 0 Å². The quantitative estimate of drug-likeness (QED) is 0.0960. The van der Waals surface area contributed by atoms with Crippen LogP contribution in [0.4, 0.5) is 0 Å². The second-order valence-electron chi connectivity index (χ2n) is 18.5. The van der Waals surface area contributed by atoms with E-state index in [0.717, 1.165) is 90.6 Å². The molecule has 6 heterocycles. The predicted molar refractivity (Wildman–Crippen MR) is 277 cm³/mol. The van der Waals surface area contributed by atoms with Gasteiger partial charge in [-0.25, -0.2) is 0 Å². The molecule has 65 heavy (non-hydrogen) atoms. The van der Waals surface area contributed by atoms with Gasteiger partial charge in [0.1, 0.15) is 44.8 Å². The van der Waals surface area contributed by atoms with Crippen molar-refractivity contribution in [2.75, 3.05) is 0 Å². The fraction of sp³-hybridized carbons (Fsp3) is 0.345. The summed E-state index contributed by atoms with van der Waals surface area (Å²) < 4.78 is 32.9. The zero-order valence-corrected chi connectivity index (χ0v) is 41.3. The number of hydrogen-bond acceptors (Lipinski definition) is 10. The molecule has 1 aliphatic carbocycles. The van der Waals surface area contributed by atoms with Crippen molar-refractivity contribution < 1.29 is 8.83 Å². The molecule has 0 N–H and O–H groups in total. The molecule has 6 aromatic heterocycles. The third-order valence-corrected chi connectivity index (χ3v) is 18.0. The van der Waals surface area contributed by atoms with E-state index in [0.29, 0.717) is 11.8 Å². The smallest absolute Gasteiger partial charge is 0.137 e. The van der Waals surface area contributed by atoms with Crippen LogP contribution in [0, 0.1) is 25.7 Å². The summed E-state index contributed by atoms with van der Waals surface area (Å²) in [5.74, 6) is 2.95. The number of nitrogens with zero attached hydrogens (tertiary/aromatic N) is 4. The Morgan fingerprint density at radius 2 is 0.969 bits per heavy atom. The summed E-state index contributed by atoms with van der Waals surface area (Å²) in [5, 5.41) is 2.19. The summed E-state index contributed by atoms with van der Waals surface area (Å²) in [6.45, 7) is 13.9. The van der Waals surface area contributed by atoms with E-state index in [-0.39, 0.29) is 5.41 Å². The van der Waals surface area contributed by atoms with Crippen LogP contribution in [-0.4, -0.2) is 17.5 Å². The van der Waals surface area contributed by atoms with Crippen molar-refractivity contribution in [2.24, 2.45) is 11.8 Å². The van der Waals surface area contributed by atoms with Crippen molar-refractivity contribution in [3.63, 3.8) is 0 Å². The topological polar surface area (TPSA) is 77.8 Å². The first-order chi connectivity index (χ1) is 31.8. The van der Waals surface area contributed by atoms with Gasteiger partial charge in [0.05, 0.1) is 23.5 Å². The standard InChI is InChI=1S/C55H54N4O2S4/c1-7-11-17-33(9-3)29-55(30-34(10-4)18-12-8-2)39-27-45(37-23-31(5)47(51-49(37)56-64-58-51)43-25-35-19-13-15-21-41(35)60-43)62-53(39)54-40(55)28-46(63-54)38-24-32(6)48(52-50(38)57-65-59-52)44-26-36-20-14-16-22-42(36)61-44/h13-16,19-28,33-34H,7-12,17-18,29-30H2,1-6H3. The van der Waals surface area contributed by atoms with Crippen molar-refractivity contribution in [1.82, 2.24) is 17.5 Å². The first-order valence-corrected chi connectivity index (χ1v) is 26.7. The highest BCUT2D eigenvalue weighted by molar-refractivity contribution is 7.26. The molecule has 0 fully saturated rings. The van der Waals surface area contributed by atoms with Crippen molar-refractivity contribution in [3.05, 3.63) is 107 Å². The van der Waals surface area contributed by atoms with E-state index < -0.39 is 0 Å². The average Bonchev–Trinajstić information content (AvgIpc) is 4.18. The van der Waals surface area contributed by atoms with Gasteiger partial charge in [-0.2, -0.15) is 17.5 Å². The number of thiophene rings is 2. The third kappa shape index (κ3) is 7.21. The van der Waals surface area contributed by atoms with E-state index >= 15 is 0 Å². The van der Waals surface area contributed by atoms with E-state index in [1.54, 1.807) is 0 Å². The van der Waals surface area contributed by atoms with E-state index in [1.807, 2.05) is 46.9 Å². The molecule has 4 aromatic carbocycles. The van der Waals surface area contributed by atoms with Gasteiger partial charge in [-0.15, -0.1) is 22.7 Å². The minimum atomic E-state index is -0.109. The fourth-order valence-electron chi connectivity index (χ4n) is 11.0. The van der Waals surface area contributed by atoms with Crippen LogP contribution in [0.3, 0.4) is 0 Å². The predicted octanol–water partition coefficient (Wildman–Crippen LogP) is 18.1. The maximum Gasteiger partial charge on any atom is 0.137 e. The van der Waals surface area contributed by atoms with Gasteiger partial charge in [-0.05, 0) is 109 Å². The van der Waals surface area contributed by atoms with E-state index in [9.17, 15) is 0 Å². The molecule has 2 atom stereocenters. The Labute approximate surface area is 397 Å². The van der Waals surface area contributed by atoms with E-state index in [1.165, 1.54) is 117 Å². The Kier molecular flexibility index (Phi) is 11.4. The second-order valence-corrected chi connectivity index (χ2v) is 21.6. The van der Waals surface area contributed by atoms with E-state index in [2.05, 4.69) is 102 Å². The van der Waals surface area contributed by atoms with Crippen LogP contribution in [0.25, 0.3) is 97.3 Å². The highest BCUT2D eigenvalue weighted by Crippen LogP contribution is 2.63. The van der Waals surface area contributed by atoms with Crippen molar-refractivity contribution in [3.8, 4) is 53.3 Å². The molecule has 0 spiro atoms. The molecule has 330 valence electrons. The highest BCUT2D eigenvalue weighted by atomic mass is 32.1. The maximum absolute atomic E-state index is 6.46. The number of aromatic nitrogens is 4. The largest absolute Gasteiger partial charge is 0.456 e. The SMILES string of the molecule is CCCCC(CC)CC1(CC(CC)CCCC)c2cc(-c3cc(C)c(-c4cc5ccccc5o4)c4nsnc34)sc2-c2sc(-c3cc(C)c(-c4cc5ccccc5o4)c4nsnc34)cc21. The minimum absolute atomic E-state index is 0.109. The van der Waals surface area contributed by atoms with Gasteiger partial charge >= 0.3 is 0 Å². The number of hydrogen-bond donors (Lipinski definition) is 0. The average molecular weight is 931 g/mol. The molecule has 0 saturated carbocycles. The summed E-state index contributed by atoms with van der Waals surface area (Å²) in [5.41, 5.74) is 15.2. The Bertz CT molecular complexity index is 3070. The summed E-state index contributed by atoms with van der Waals surface area (Å²) >= 11 is 6.52. The molecular formula is C55H54N4O2S4. The monoisotopic (exact) mass is 930 g/mol. The van der Waals surface area contributed by atoms with Gasteiger partial charge in [-0.3, -0.25) is 0 Å². The van der Waals surface area contributed by atoms with Gasteiger partial charge in [-0.1, -0.05) is 115 Å². The molecule has 2 unspecified atom stereocenters. The second kappa shape index (κ2) is 17.3. The van der Waals surface area contributed by atoms with Crippen LogP contribution in [0.15, 0.2) is 93.8 Å². The molecule has 0 bridgehead atoms. The van der Waals surface area contributed by atoms with Crippen LogP contribution >= 0.6 is 46.1 Å². The molecule has 0 radical (unpaired) electrons. The zero-order valence-electron chi connectivity index (χ0n) is 38.0. The van der Waals surface area contributed by atoms with Crippen LogP contribution < -0.4 is 0 Å². The van der Waals surface area contributed by atoms with Crippen LogP contribution in [0.1, 0.15) is 114 Å². The van der Waals surface area contributed by atoms with Crippen molar-refractivity contribution in [1.29, 1.82) is 0 Å². The number of aryl methyl sites for hydroxylation is 2. The summed E-state index contributed by atoms with van der Waals surface area (Å²) in [6, 6.07) is 30.6. The fourth-order valence-corrected chi connectivity index (χ4v) is 14.8. The molecule has 0 aliphatic heterocycles. The normalized spacial score (nSPS) is 14.3. The van der Waals surface area contributed by atoms with E-state index in [4.69, 9.17) is 26.3 Å². The molecule has 10 aromatic rings. The van der Waals surface area contributed by atoms with Gasteiger partial charge in [0, 0.05) is 57.9 Å². The van der Waals surface area contributed by atoms with Gasteiger partial charge in [0.25, 0.3) is 0 Å². The lowest BCUT2D eigenvalue weighted by molar-refractivity contribution is 0.266. The number of furan rings is 2.